The summed E-state index contributed by atoms with van der Waals surface area (Å²) in [5.74, 6) is -1.38. The highest BCUT2D eigenvalue weighted by Crippen LogP contribution is 2.28. The fourth-order valence-corrected chi connectivity index (χ4v) is 4.02. The highest BCUT2D eigenvalue weighted by atomic mass is 16.7. The van der Waals surface area contributed by atoms with E-state index in [4.69, 9.17) is 9.47 Å². The Hall–Kier alpha value is -2.94. The van der Waals surface area contributed by atoms with Crippen LogP contribution in [-0.2, 0) is 32.0 Å². The Bertz CT molecular complexity index is 928. The zero-order valence-electron chi connectivity index (χ0n) is 19.8. The number of nitrogens with zero attached hydrogens (tertiary/aromatic N) is 2. The summed E-state index contributed by atoms with van der Waals surface area (Å²) in [6, 6.07) is 16.7. The van der Waals surface area contributed by atoms with E-state index in [0.29, 0.717) is 6.54 Å². The average Bonchev–Trinajstić information content (AvgIpc) is 2.84. The van der Waals surface area contributed by atoms with Crippen molar-refractivity contribution in [2.45, 2.75) is 25.3 Å². The molecule has 0 saturated heterocycles. The van der Waals surface area contributed by atoms with Gasteiger partial charge in [0.2, 0.25) is 0 Å². The molecule has 0 radical (unpaired) electrons. The number of rotatable bonds is 9. The lowest BCUT2D eigenvalue weighted by Gasteiger charge is -2.36. The van der Waals surface area contributed by atoms with E-state index in [1.54, 1.807) is 0 Å². The predicted molar refractivity (Wildman–Crippen MR) is 128 cm³/mol. The number of hydrogen-bond donors (Lipinski definition) is 2. The molecule has 1 aliphatic rings. The van der Waals surface area contributed by atoms with E-state index in [2.05, 4.69) is 69.0 Å². The second-order valence-corrected chi connectivity index (χ2v) is 8.31. The summed E-state index contributed by atoms with van der Waals surface area (Å²) < 4.78 is 10.1. The molecule has 0 spiro atoms. The Morgan fingerprint density at radius 2 is 1.55 bits per heavy atom. The first-order valence-corrected chi connectivity index (χ1v) is 11.1. The van der Waals surface area contributed by atoms with Crippen LogP contribution in [0.3, 0.4) is 0 Å². The van der Waals surface area contributed by atoms with Gasteiger partial charge >= 0.3 is 11.8 Å². The molecular formula is C25H34N4O4. The predicted octanol–water partition coefficient (Wildman–Crippen LogP) is 1.70. The minimum Gasteiger partial charge on any atom is -0.378 e. The van der Waals surface area contributed by atoms with E-state index in [1.165, 1.54) is 25.3 Å². The maximum Gasteiger partial charge on any atom is 0.309 e. The normalized spacial score (nSPS) is 14.5. The van der Waals surface area contributed by atoms with Crippen molar-refractivity contribution in [3.8, 4) is 0 Å². The van der Waals surface area contributed by atoms with Gasteiger partial charge in [-0.3, -0.25) is 14.5 Å². The Labute approximate surface area is 195 Å². The van der Waals surface area contributed by atoms with Crippen LogP contribution in [0, 0.1) is 0 Å². The van der Waals surface area contributed by atoms with Crippen molar-refractivity contribution in [3.63, 3.8) is 0 Å². The number of carbonyl (C=O) groups is 2. The summed E-state index contributed by atoms with van der Waals surface area (Å²) >= 11 is 0. The highest BCUT2D eigenvalue weighted by molar-refractivity contribution is 6.35. The molecule has 0 aromatic heterocycles. The molecule has 1 unspecified atom stereocenters. The quantitative estimate of drug-likeness (QED) is 0.443. The molecule has 178 valence electrons. The summed E-state index contributed by atoms with van der Waals surface area (Å²) in [4.78, 5) is 29.1. The topological polar surface area (TPSA) is 83.1 Å². The zero-order chi connectivity index (χ0) is 23.8. The number of ether oxygens (including phenoxy) is 2. The summed E-state index contributed by atoms with van der Waals surface area (Å²) in [6.45, 7) is 2.09. The molecule has 1 aliphatic heterocycles. The molecule has 8 nitrogen and oxygen atoms in total. The van der Waals surface area contributed by atoms with Crippen LogP contribution in [0.25, 0.3) is 0 Å². The Morgan fingerprint density at radius 1 is 0.939 bits per heavy atom. The lowest BCUT2D eigenvalue weighted by molar-refractivity contribution is -0.141. The second kappa shape index (κ2) is 11.8. The number of anilines is 1. The fourth-order valence-electron chi connectivity index (χ4n) is 4.02. The SMILES string of the molecule is COC(CNC(=O)C(=O)NCC(c1ccc(N(C)C)cc1)N1CCc2ccccc2C1)OC. The number of carbonyl (C=O) groups excluding carboxylic acids is 2. The van der Waals surface area contributed by atoms with Crippen LogP contribution in [0.5, 0.6) is 0 Å². The van der Waals surface area contributed by atoms with Crippen LogP contribution < -0.4 is 15.5 Å². The maximum atomic E-state index is 12.5. The van der Waals surface area contributed by atoms with Gasteiger partial charge in [-0.05, 0) is 35.2 Å². The first-order chi connectivity index (χ1) is 15.9. The van der Waals surface area contributed by atoms with Crippen LogP contribution in [0.1, 0.15) is 22.7 Å². The highest BCUT2D eigenvalue weighted by Gasteiger charge is 2.26. The first kappa shape index (κ1) is 24.7. The maximum absolute atomic E-state index is 12.5. The van der Waals surface area contributed by atoms with E-state index in [9.17, 15) is 9.59 Å². The molecule has 2 aromatic carbocycles. The lowest BCUT2D eigenvalue weighted by Crippen LogP contribution is -2.46. The van der Waals surface area contributed by atoms with Crippen LogP contribution in [0.15, 0.2) is 48.5 Å². The van der Waals surface area contributed by atoms with E-state index >= 15 is 0 Å². The van der Waals surface area contributed by atoms with E-state index < -0.39 is 18.1 Å². The van der Waals surface area contributed by atoms with Gasteiger partial charge in [-0.2, -0.15) is 0 Å². The molecule has 8 heteroatoms. The number of amides is 2. The molecule has 2 amide bonds. The molecule has 0 aliphatic carbocycles. The fraction of sp³-hybridized carbons (Fsp3) is 0.440. The molecule has 1 atom stereocenters. The van der Waals surface area contributed by atoms with Gasteiger partial charge in [-0.25, -0.2) is 0 Å². The van der Waals surface area contributed by atoms with Gasteiger partial charge in [0.05, 0.1) is 12.6 Å². The van der Waals surface area contributed by atoms with Crippen molar-refractivity contribution >= 4 is 17.5 Å². The monoisotopic (exact) mass is 454 g/mol. The Balaban J connectivity index is 1.71. The molecular weight excluding hydrogens is 420 g/mol. The molecule has 2 aromatic rings. The third kappa shape index (κ3) is 6.54. The number of benzene rings is 2. The Kier molecular flexibility index (Phi) is 8.82. The molecule has 33 heavy (non-hydrogen) atoms. The minimum atomic E-state index is -0.709. The molecule has 3 rings (SSSR count). The van der Waals surface area contributed by atoms with Crippen molar-refractivity contribution in [3.05, 3.63) is 65.2 Å². The first-order valence-electron chi connectivity index (χ1n) is 11.1. The van der Waals surface area contributed by atoms with Gasteiger partial charge < -0.3 is 25.0 Å². The largest absolute Gasteiger partial charge is 0.378 e. The van der Waals surface area contributed by atoms with Crippen LogP contribution >= 0.6 is 0 Å². The van der Waals surface area contributed by atoms with Crippen molar-refractivity contribution in [2.24, 2.45) is 0 Å². The summed E-state index contributed by atoms with van der Waals surface area (Å²) in [6.07, 6.45) is 0.352. The van der Waals surface area contributed by atoms with Gasteiger partial charge in [0.25, 0.3) is 0 Å². The van der Waals surface area contributed by atoms with Gasteiger partial charge in [0.15, 0.2) is 6.29 Å². The van der Waals surface area contributed by atoms with Crippen molar-refractivity contribution in [2.75, 3.05) is 52.8 Å². The third-order valence-corrected chi connectivity index (χ3v) is 6.01. The summed E-state index contributed by atoms with van der Waals surface area (Å²) in [5.41, 5.74) is 4.87. The smallest absolute Gasteiger partial charge is 0.309 e. The lowest BCUT2D eigenvalue weighted by atomic mass is 9.96. The molecule has 0 fully saturated rings. The van der Waals surface area contributed by atoms with Gasteiger partial charge in [-0.15, -0.1) is 0 Å². The third-order valence-electron chi connectivity index (χ3n) is 6.01. The number of methoxy groups -OCH3 is 2. The van der Waals surface area contributed by atoms with E-state index in [-0.39, 0.29) is 12.6 Å². The molecule has 0 bridgehead atoms. The van der Waals surface area contributed by atoms with Gasteiger partial charge in [-0.1, -0.05) is 36.4 Å². The summed E-state index contributed by atoms with van der Waals surface area (Å²) in [7, 11) is 6.96. The number of nitrogens with one attached hydrogen (secondary N) is 2. The van der Waals surface area contributed by atoms with Crippen molar-refractivity contribution < 1.29 is 19.1 Å². The van der Waals surface area contributed by atoms with Crippen LogP contribution in [0.4, 0.5) is 5.69 Å². The van der Waals surface area contributed by atoms with E-state index in [1.807, 2.05) is 14.1 Å². The molecule has 0 saturated carbocycles. The standard InChI is InChI=1S/C25H34N4O4/c1-28(2)21-11-9-19(10-12-21)22(29-14-13-18-7-5-6-8-20(18)17-29)15-26-24(30)25(31)27-16-23(32-3)33-4/h5-12,22-23H,13-17H2,1-4H3,(H,26,30)(H,27,31). The average molecular weight is 455 g/mol. The molecule has 2 N–H and O–H groups in total. The van der Waals surface area contributed by atoms with Crippen molar-refractivity contribution in [1.29, 1.82) is 0 Å². The summed E-state index contributed by atoms with van der Waals surface area (Å²) in [5, 5.41) is 5.35. The van der Waals surface area contributed by atoms with Gasteiger partial charge in [0, 0.05) is 53.6 Å². The number of fused-ring (bicyclic) bond motifs is 1. The molecule has 1 heterocycles. The van der Waals surface area contributed by atoms with Crippen LogP contribution in [-0.4, -0.2) is 71.0 Å². The van der Waals surface area contributed by atoms with E-state index in [0.717, 1.165) is 30.8 Å². The van der Waals surface area contributed by atoms with Gasteiger partial charge in [0.1, 0.15) is 0 Å². The Morgan fingerprint density at radius 3 is 2.15 bits per heavy atom. The van der Waals surface area contributed by atoms with Crippen LogP contribution in [0.2, 0.25) is 0 Å². The van der Waals surface area contributed by atoms with Crippen molar-refractivity contribution in [1.82, 2.24) is 15.5 Å². The minimum absolute atomic E-state index is 0.0583. The number of hydrogen-bond acceptors (Lipinski definition) is 6. The zero-order valence-corrected chi connectivity index (χ0v) is 19.8. The second-order valence-electron chi connectivity index (χ2n) is 8.31.